The minimum absolute atomic E-state index is 0.472. The molecule has 1 amide bonds. The molecule has 3 nitrogen and oxygen atoms in total. The van der Waals surface area contributed by atoms with Crippen molar-refractivity contribution >= 4 is 5.91 Å². The minimum atomic E-state index is -0.472. The number of carbonyl (C=O) groups excluding carboxylic acids is 1. The average molecular weight is 269 g/mol. The fourth-order valence-corrected chi connectivity index (χ4v) is 2.19. The Balaban J connectivity index is 1.75. The van der Waals surface area contributed by atoms with Gasteiger partial charge in [-0.15, -0.1) is 0 Å². The molecule has 0 saturated carbocycles. The Morgan fingerprint density at radius 3 is 1.95 bits per heavy atom. The molecule has 3 heteroatoms. The molecule has 20 heavy (non-hydrogen) atoms. The molecule has 2 aromatic rings. The number of nitrogens with one attached hydrogen (secondary N) is 1. The molecule has 0 heterocycles. The van der Waals surface area contributed by atoms with Gasteiger partial charge in [0.25, 0.3) is 5.91 Å². The van der Waals surface area contributed by atoms with E-state index in [2.05, 4.69) is 24.3 Å². The van der Waals surface area contributed by atoms with Gasteiger partial charge in [0.1, 0.15) is 0 Å². The van der Waals surface area contributed by atoms with Gasteiger partial charge in [-0.3, -0.25) is 10.0 Å². The number of rotatable bonds is 6. The van der Waals surface area contributed by atoms with Crippen molar-refractivity contribution in [2.75, 3.05) is 0 Å². The van der Waals surface area contributed by atoms with Crippen LogP contribution in [-0.4, -0.2) is 11.1 Å². The molecule has 104 valence electrons. The van der Waals surface area contributed by atoms with Crippen LogP contribution in [0.2, 0.25) is 0 Å². The highest BCUT2D eigenvalue weighted by atomic mass is 16.5. The van der Waals surface area contributed by atoms with Crippen molar-refractivity contribution in [3.05, 3.63) is 71.3 Å². The van der Waals surface area contributed by atoms with Crippen LogP contribution in [-0.2, 0) is 12.8 Å². The number of benzene rings is 2. The van der Waals surface area contributed by atoms with Crippen molar-refractivity contribution in [3.8, 4) is 0 Å². The molecular formula is C17H19NO2. The summed E-state index contributed by atoms with van der Waals surface area (Å²) in [5.41, 5.74) is 4.70. The standard InChI is InChI=1S/C17H19NO2/c19-17(18-20)16-12-10-15(11-13-16)9-5-4-8-14-6-2-1-3-7-14/h1-3,6-7,10-13,20H,4-5,8-9H2,(H,18,19). The maximum absolute atomic E-state index is 11.2. The molecule has 0 saturated heterocycles. The van der Waals surface area contributed by atoms with Crippen LogP contribution in [0.5, 0.6) is 0 Å². The van der Waals surface area contributed by atoms with Crippen LogP contribution in [0.15, 0.2) is 54.6 Å². The van der Waals surface area contributed by atoms with E-state index in [4.69, 9.17) is 5.21 Å². The molecule has 0 aliphatic heterocycles. The van der Waals surface area contributed by atoms with Crippen LogP contribution < -0.4 is 5.48 Å². The third-order valence-electron chi connectivity index (χ3n) is 3.34. The second-order valence-electron chi connectivity index (χ2n) is 4.83. The lowest BCUT2D eigenvalue weighted by molar-refractivity contribution is 0.0706. The summed E-state index contributed by atoms with van der Waals surface area (Å²) in [6.45, 7) is 0. The quantitative estimate of drug-likeness (QED) is 0.480. The molecule has 0 radical (unpaired) electrons. The normalized spacial score (nSPS) is 10.2. The predicted molar refractivity (Wildman–Crippen MR) is 78.8 cm³/mol. The summed E-state index contributed by atoms with van der Waals surface area (Å²) in [7, 11) is 0. The lowest BCUT2D eigenvalue weighted by Crippen LogP contribution is -2.18. The van der Waals surface area contributed by atoms with E-state index in [1.54, 1.807) is 17.6 Å². The van der Waals surface area contributed by atoms with Gasteiger partial charge in [0.15, 0.2) is 0 Å². The van der Waals surface area contributed by atoms with E-state index in [9.17, 15) is 4.79 Å². The number of amides is 1. The highest BCUT2D eigenvalue weighted by Gasteiger charge is 2.03. The Morgan fingerprint density at radius 2 is 1.40 bits per heavy atom. The smallest absolute Gasteiger partial charge is 0.274 e. The van der Waals surface area contributed by atoms with Gasteiger partial charge in [0, 0.05) is 5.56 Å². The number of unbranched alkanes of at least 4 members (excludes halogenated alkanes) is 1. The fourth-order valence-electron chi connectivity index (χ4n) is 2.19. The first-order valence-electron chi connectivity index (χ1n) is 6.87. The molecule has 0 unspecified atom stereocenters. The van der Waals surface area contributed by atoms with E-state index in [1.165, 1.54) is 11.1 Å². The summed E-state index contributed by atoms with van der Waals surface area (Å²) in [4.78, 5) is 11.2. The molecule has 0 aromatic heterocycles. The third-order valence-corrected chi connectivity index (χ3v) is 3.34. The Kier molecular flexibility index (Phi) is 5.33. The van der Waals surface area contributed by atoms with Crippen LogP contribution in [0.1, 0.15) is 34.3 Å². The number of hydrogen-bond donors (Lipinski definition) is 2. The van der Waals surface area contributed by atoms with Crippen molar-refractivity contribution in [2.45, 2.75) is 25.7 Å². The van der Waals surface area contributed by atoms with Crippen molar-refractivity contribution in [1.82, 2.24) is 5.48 Å². The van der Waals surface area contributed by atoms with Crippen LogP contribution in [0.3, 0.4) is 0 Å². The zero-order chi connectivity index (χ0) is 14.2. The molecule has 2 N–H and O–H groups in total. The van der Waals surface area contributed by atoms with Gasteiger partial charge in [0.05, 0.1) is 0 Å². The van der Waals surface area contributed by atoms with E-state index in [-0.39, 0.29) is 0 Å². The van der Waals surface area contributed by atoms with E-state index in [0.29, 0.717) is 5.56 Å². The molecule has 0 spiro atoms. The van der Waals surface area contributed by atoms with E-state index in [1.807, 2.05) is 18.2 Å². The molecule has 0 aliphatic carbocycles. The predicted octanol–water partition coefficient (Wildman–Crippen LogP) is 3.37. The highest BCUT2D eigenvalue weighted by molar-refractivity contribution is 5.93. The lowest BCUT2D eigenvalue weighted by atomic mass is 10.0. The monoisotopic (exact) mass is 269 g/mol. The summed E-state index contributed by atoms with van der Waals surface area (Å²) in [6.07, 6.45) is 4.39. The number of hydrogen-bond acceptors (Lipinski definition) is 2. The molecular weight excluding hydrogens is 250 g/mol. The summed E-state index contributed by atoms with van der Waals surface area (Å²) in [5, 5.41) is 8.54. The SMILES string of the molecule is O=C(NO)c1ccc(CCCCc2ccccc2)cc1. The van der Waals surface area contributed by atoms with Gasteiger partial charge >= 0.3 is 0 Å². The first-order chi connectivity index (χ1) is 9.79. The van der Waals surface area contributed by atoms with E-state index < -0.39 is 5.91 Å². The summed E-state index contributed by atoms with van der Waals surface area (Å²) in [6, 6.07) is 17.8. The molecule has 0 atom stereocenters. The van der Waals surface area contributed by atoms with Crippen LogP contribution in [0.4, 0.5) is 0 Å². The number of hydroxylamine groups is 1. The highest BCUT2D eigenvalue weighted by Crippen LogP contribution is 2.10. The van der Waals surface area contributed by atoms with Gasteiger partial charge < -0.3 is 0 Å². The molecule has 2 rings (SSSR count). The van der Waals surface area contributed by atoms with E-state index in [0.717, 1.165) is 25.7 Å². The lowest BCUT2D eigenvalue weighted by Gasteiger charge is -2.04. The van der Waals surface area contributed by atoms with Crippen LogP contribution in [0.25, 0.3) is 0 Å². The first-order valence-corrected chi connectivity index (χ1v) is 6.87. The van der Waals surface area contributed by atoms with E-state index >= 15 is 0 Å². The topological polar surface area (TPSA) is 49.3 Å². The Hall–Kier alpha value is -2.13. The second-order valence-corrected chi connectivity index (χ2v) is 4.83. The maximum atomic E-state index is 11.2. The third kappa shape index (κ3) is 4.21. The van der Waals surface area contributed by atoms with Crippen molar-refractivity contribution in [3.63, 3.8) is 0 Å². The maximum Gasteiger partial charge on any atom is 0.274 e. The molecule has 0 fully saturated rings. The van der Waals surface area contributed by atoms with Gasteiger partial charge in [0.2, 0.25) is 0 Å². The zero-order valence-electron chi connectivity index (χ0n) is 11.4. The molecule has 0 aliphatic rings. The number of aryl methyl sites for hydroxylation is 2. The summed E-state index contributed by atoms with van der Waals surface area (Å²) >= 11 is 0. The largest absolute Gasteiger partial charge is 0.288 e. The van der Waals surface area contributed by atoms with Gasteiger partial charge in [-0.25, -0.2) is 5.48 Å². The Morgan fingerprint density at radius 1 is 0.850 bits per heavy atom. The van der Waals surface area contributed by atoms with Crippen molar-refractivity contribution in [1.29, 1.82) is 0 Å². The van der Waals surface area contributed by atoms with Crippen LogP contribution >= 0.6 is 0 Å². The molecule has 0 bridgehead atoms. The molecule has 2 aromatic carbocycles. The van der Waals surface area contributed by atoms with Crippen LogP contribution in [0, 0.1) is 0 Å². The summed E-state index contributed by atoms with van der Waals surface area (Å²) in [5.74, 6) is -0.472. The first kappa shape index (κ1) is 14.3. The number of carbonyl (C=O) groups is 1. The van der Waals surface area contributed by atoms with Crippen molar-refractivity contribution in [2.24, 2.45) is 0 Å². The van der Waals surface area contributed by atoms with Gasteiger partial charge in [-0.1, -0.05) is 42.5 Å². The van der Waals surface area contributed by atoms with Gasteiger partial charge in [-0.2, -0.15) is 0 Å². The zero-order valence-corrected chi connectivity index (χ0v) is 11.4. The Labute approximate surface area is 119 Å². The minimum Gasteiger partial charge on any atom is -0.288 e. The Bertz CT molecular complexity index is 535. The van der Waals surface area contributed by atoms with Gasteiger partial charge in [-0.05, 0) is 48.9 Å². The fraction of sp³-hybridized carbons (Fsp3) is 0.235. The summed E-state index contributed by atoms with van der Waals surface area (Å²) < 4.78 is 0. The second kappa shape index (κ2) is 7.46. The van der Waals surface area contributed by atoms with Crippen molar-refractivity contribution < 1.29 is 10.0 Å². The average Bonchev–Trinajstić information content (AvgIpc) is 2.52.